The smallest absolute Gasteiger partial charge is 0.0801 e. The van der Waals surface area contributed by atoms with Crippen LogP contribution in [0.5, 0.6) is 0 Å². The summed E-state index contributed by atoms with van der Waals surface area (Å²) in [6.45, 7) is 25.7. The van der Waals surface area contributed by atoms with Gasteiger partial charge in [0.05, 0.1) is 0 Å². The quantitative estimate of drug-likeness (QED) is 0.204. The Bertz CT molecular complexity index is 1320. The molecule has 0 saturated heterocycles. The van der Waals surface area contributed by atoms with Crippen molar-refractivity contribution in [1.29, 1.82) is 0 Å². The zero-order valence-corrected chi connectivity index (χ0v) is 28.2. The minimum atomic E-state index is -2.66. The second-order valence-corrected chi connectivity index (χ2v) is 18.3. The van der Waals surface area contributed by atoms with E-state index >= 15 is 0 Å². The lowest BCUT2D eigenvalue weighted by Crippen LogP contribution is -2.69. The Hall–Kier alpha value is -2.64. The second-order valence-electron chi connectivity index (χ2n) is 14.5. The summed E-state index contributed by atoms with van der Waals surface area (Å²) in [5.41, 5.74) is 10.0. The molecule has 0 aliphatic heterocycles. The average Bonchev–Trinajstić information content (AvgIpc) is 3.29. The van der Waals surface area contributed by atoms with E-state index in [0.29, 0.717) is 0 Å². The molecule has 40 heavy (non-hydrogen) atoms. The van der Waals surface area contributed by atoms with Gasteiger partial charge in [-0.2, -0.15) is 0 Å². The molecule has 1 aliphatic rings. The molecule has 0 N–H and O–H groups in total. The Morgan fingerprint density at radius 3 is 1.40 bits per heavy atom. The number of rotatable bonds is 7. The van der Waals surface area contributed by atoms with E-state index in [2.05, 4.69) is 143 Å². The molecule has 0 nitrogen and oxygen atoms in total. The van der Waals surface area contributed by atoms with Crippen LogP contribution in [0.1, 0.15) is 108 Å². The van der Waals surface area contributed by atoms with Gasteiger partial charge in [0, 0.05) is 0 Å². The molecule has 3 aromatic carbocycles. The zero-order chi connectivity index (χ0) is 29.5. The lowest BCUT2D eigenvalue weighted by Gasteiger charge is -2.39. The van der Waals surface area contributed by atoms with Crippen molar-refractivity contribution in [2.24, 2.45) is 0 Å². The van der Waals surface area contributed by atoms with Crippen molar-refractivity contribution in [3.05, 3.63) is 111 Å². The fourth-order valence-corrected chi connectivity index (χ4v) is 12.2. The third-order valence-electron chi connectivity index (χ3n) is 8.64. The lowest BCUT2D eigenvalue weighted by atomic mass is 9.81. The van der Waals surface area contributed by atoms with Gasteiger partial charge in [-0.05, 0) is 89.7 Å². The number of allylic oxidation sites excluding steroid dienone is 4. The van der Waals surface area contributed by atoms with Gasteiger partial charge >= 0.3 is 0 Å². The molecule has 1 heteroatoms. The third kappa shape index (κ3) is 6.01. The molecule has 0 aromatic heterocycles. The van der Waals surface area contributed by atoms with Gasteiger partial charge in [-0.15, -0.1) is 0 Å². The van der Waals surface area contributed by atoms with E-state index in [-0.39, 0.29) is 10.8 Å². The summed E-state index contributed by atoms with van der Waals surface area (Å²) in [7, 11) is -2.66. The molecule has 0 amide bonds. The number of hydrogen-bond donors (Lipinski definition) is 0. The van der Waals surface area contributed by atoms with Gasteiger partial charge in [0.25, 0.3) is 0 Å². The van der Waals surface area contributed by atoms with Gasteiger partial charge in [0.2, 0.25) is 0 Å². The van der Waals surface area contributed by atoms with E-state index < -0.39 is 8.07 Å². The fraction of sp³-hybridized carbons (Fsp3) is 0.436. The van der Waals surface area contributed by atoms with Crippen LogP contribution in [-0.2, 0) is 10.8 Å². The average molecular weight is 549 g/mol. The normalized spacial score (nSPS) is 14.4. The van der Waals surface area contributed by atoms with Crippen molar-refractivity contribution < 1.29 is 0 Å². The molecule has 0 atom stereocenters. The number of benzene rings is 3. The van der Waals surface area contributed by atoms with Crippen LogP contribution in [0.3, 0.4) is 0 Å². The van der Waals surface area contributed by atoms with Crippen molar-refractivity contribution in [1.82, 2.24) is 0 Å². The van der Waals surface area contributed by atoms with Crippen LogP contribution < -0.4 is 15.6 Å². The van der Waals surface area contributed by atoms with Crippen LogP contribution >= 0.6 is 0 Å². The lowest BCUT2D eigenvalue weighted by molar-refractivity contribution is 0.569. The highest BCUT2D eigenvalue weighted by Crippen LogP contribution is 2.35. The second kappa shape index (κ2) is 11.3. The van der Waals surface area contributed by atoms with Gasteiger partial charge in [-0.3, -0.25) is 0 Å². The highest BCUT2D eigenvalue weighted by Gasteiger charge is 2.46. The summed E-state index contributed by atoms with van der Waals surface area (Å²) in [4.78, 5) is 0. The Labute approximate surface area is 246 Å². The summed E-state index contributed by atoms with van der Waals surface area (Å²) >= 11 is 0. The molecule has 0 heterocycles. The summed E-state index contributed by atoms with van der Waals surface area (Å²) in [6.07, 6.45) is 9.81. The summed E-state index contributed by atoms with van der Waals surface area (Å²) in [6, 6.07) is 22.5. The predicted octanol–water partition coefficient (Wildman–Crippen LogP) is 8.97. The van der Waals surface area contributed by atoms with Gasteiger partial charge in [-0.1, -0.05) is 149 Å². The standard InChI is InChI=1S/C39H52Si/c1-12-13-15-31-16-14-17-37(31)40(34-20-27(2)18-28(3)21-34,35-22-29(4)19-30(5)23-35)36-25-32(38(6,7)8)24-33(26-36)39(9,10)11/h16-26H,12-15H2,1-11H3. The van der Waals surface area contributed by atoms with Gasteiger partial charge in [0.1, 0.15) is 0 Å². The summed E-state index contributed by atoms with van der Waals surface area (Å²) in [5, 5.41) is 6.21. The molecule has 0 fully saturated rings. The van der Waals surface area contributed by atoms with E-state index in [9.17, 15) is 0 Å². The minimum absolute atomic E-state index is 0.0616. The monoisotopic (exact) mass is 548 g/mol. The van der Waals surface area contributed by atoms with Gasteiger partial charge in [-0.25, -0.2) is 0 Å². The molecule has 0 spiro atoms. The number of hydrogen-bond acceptors (Lipinski definition) is 0. The molecule has 0 radical (unpaired) electrons. The number of unbranched alkanes of at least 4 members (excludes halogenated alkanes) is 1. The van der Waals surface area contributed by atoms with Gasteiger partial charge in [0.15, 0.2) is 8.07 Å². The molecule has 0 unspecified atom stereocenters. The van der Waals surface area contributed by atoms with E-state index in [0.717, 1.165) is 12.8 Å². The molecule has 0 saturated carbocycles. The van der Waals surface area contributed by atoms with E-state index in [4.69, 9.17) is 0 Å². The molecule has 212 valence electrons. The van der Waals surface area contributed by atoms with E-state index in [1.165, 1.54) is 61.8 Å². The molecule has 1 aliphatic carbocycles. The maximum Gasteiger partial charge on any atom is 0.179 e. The van der Waals surface area contributed by atoms with E-state index in [1.807, 2.05) is 0 Å². The van der Waals surface area contributed by atoms with Crippen LogP contribution in [0.2, 0.25) is 0 Å². The maximum absolute atomic E-state index is 2.66. The van der Waals surface area contributed by atoms with Crippen LogP contribution in [0, 0.1) is 27.7 Å². The predicted molar refractivity (Wildman–Crippen MR) is 181 cm³/mol. The topological polar surface area (TPSA) is 0 Å². The largest absolute Gasteiger partial charge is 0.179 e. The zero-order valence-electron chi connectivity index (χ0n) is 27.2. The molecule has 0 bridgehead atoms. The maximum atomic E-state index is 2.60. The molecule has 4 rings (SSSR count). The van der Waals surface area contributed by atoms with Crippen molar-refractivity contribution >= 4 is 23.6 Å². The first-order valence-electron chi connectivity index (χ1n) is 15.4. The van der Waals surface area contributed by atoms with Crippen LogP contribution in [0.4, 0.5) is 0 Å². The van der Waals surface area contributed by atoms with Crippen LogP contribution in [0.25, 0.3) is 0 Å². The first-order valence-corrected chi connectivity index (χ1v) is 17.4. The highest BCUT2D eigenvalue weighted by atomic mass is 28.3. The van der Waals surface area contributed by atoms with Crippen molar-refractivity contribution in [2.75, 3.05) is 0 Å². The van der Waals surface area contributed by atoms with E-state index in [1.54, 1.807) is 10.8 Å². The SMILES string of the molecule is CCCCC1=CCC=C1[Si](c1cc(C)cc(C)c1)(c1cc(C)cc(C)c1)c1cc(C(C)(C)C)cc(C(C)(C)C)c1. The third-order valence-corrected chi connectivity index (χ3v) is 13.4. The van der Waals surface area contributed by atoms with Crippen LogP contribution in [-0.4, -0.2) is 8.07 Å². The summed E-state index contributed by atoms with van der Waals surface area (Å²) in [5.74, 6) is 0. The van der Waals surface area contributed by atoms with Gasteiger partial charge < -0.3 is 0 Å². The molecular weight excluding hydrogens is 497 g/mol. The Kier molecular flexibility index (Phi) is 8.58. The number of aryl methyl sites for hydroxylation is 4. The summed E-state index contributed by atoms with van der Waals surface area (Å²) < 4.78 is 0. The molecule has 3 aromatic rings. The van der Waals surface area contributed by atoms with Crippen molar-refractivity contribution in [3.8, 4) is 0 Å². The first kappa shape index (κ1) is 30.3. The Morgan fingerprint density at radius 2 is 1.00 bits per heavy atom. The van der Waals surface area contributed by atoms with Crippen molar-refractivity contribution in [2.45, 2.75) is 113 Å². The first-order chi connectivity index (χ1) is 18.7. The minimum Gasteiger partial charge on any atom is -0.0801 e. The van der Waals surface area contributed by atoms with Crippen molar-refractivity contribution in [3.63, 3.8) is 0 Å². The highest BCUT2D eigenvalue weighted by molar-refractivity contribution is 7.16. The molecular formula is C39H52Si. The Balaban J connectivity index is 2.25. The van der Waals surface area contributed by atoms with Crippen LogP contribution in [0.15, 0.2) is 77.5 Å². The Morgan fingerprint density at radius 1 is 0.575 bits per heavy atom. The fourth-order valence-electron chi connectivity index (χ4n) is 6.62.